The Balaban J connectivity index is -0.0000000245. The van der Waals surface area contributed by atoms with Crippen LogP contribution in [0.2, 0.25) is 0 Å². The van der Waals surface area contributed by atoms with Crippen molar-refractivity contribution in [2.24, 2.45) is 0 Å². The maximum Gasteiger partial charge on any atom is 0.0689 e. The van der Waals surface area contributed by atoms with Crippen molar-refractivity contribution in [2.75, 3.05) is 0 Å². The van der Waals surface area contributed by atoms with E-state index >= 15 is 0 Å². The molecule has 26 heteroatoms. The van der Waals surface area contributed by atoms with Crippen molar-refractivity contribution in [2.45, 2.75) is 0 Å². The summed E-state index contributed by atoms with van der Waals surface area (Å²) in [6.07, 6.45) is 0. The van der Waals surface area contributed by atoms with Gasteiger partial charge in [0, 0.05) is 60.3 Å². The predicted molar refractivity (Wildman–Crippen MR) is 62.2 cm³/mol. The van der Waals surface area contributed by atoms with Gasteiger partial charge in [-0.25, -0.2) is 0 Å². The molecule has 24 nitrogen and oxygen atoms in total. The maximum atomic E-state index is 8.25. The van der Waals surface area contributed by atoms with Crippen LogP contribution >= 0.6 is 0 Å². The van der Waals surface area contributed by atoms with E-state index in [9.17, 15) is 0 Å². The van der Waals surface area contributed by atoms with Gasteiger partial charge in [-0.3, -0.25) is 0 Å². The molecule has 0 bridgehead atoms. The van der Waals surface area contributed by atoms with E-state index in [1.807, 2.05) is 0 Å². The van der Waals surface area contributed by atoms with Crippen LogP contribution in [0, 0.1) is 152 Å². The van der Waals surface area contributed by atoms with Gasteiger partial charge in [-0.15, -0.1) is 0 Å². The Morgan fingerprint density at radius 2 is 0.308 bits per heavy atom. The Labute approximate surface area is 182 Å². The first-order valence-corrected chi connectivity index (χ1v) is 3.29. The van der Waals surface area contributed by atoms with E-state index in [0.717, 1.165) is 0 Å². The SMILES string of the molecule is O=[N+]([O-])[O-].O=[N+]([O-])[O-].O=[N+]([O-])[O-].O=[N+]([O-])[O-].O=[N+]([O-])[O-].O=[N+]([O-])[O-].[Pu].[U]. The van der Waals surface area contributed by atoms with Crippen LogP contribution in [0.3, 0.4) is 0 Å². The third kappa shape index (κ3) is 1140. The predicted octanol–water partition coefficient (Wildman–Crippen LogP) is -1.43. The zero-order chi connectivity index (χ0) is 21.5. The average molecular weight is 854 g/mol. The molecule has 0 aromatic carbocycles. The van der Waals surface area contributed by atoms with Crippen LogP contribution in [0.25, 0.3) is 0 Å². The molecule has 0 saturated carbocycles. The molecule has 26 heavy (non-hydrogen) atoms. The van der Waals surface area contributed by atoms with Crippen molar-refractivity contribution < 1.29 is 90.8 Å². The number of nitrogens with zero attached hydrogens (tertiary/aromatic N) is 6. The van der Waals surface area contributed by atoms with Crippen molar-refractivity contribution in [3.8, 4) is 0 Å². The first kappa shape index (κ1) is 49.5. The summed E-state index contributed by atoms with van der Waals surface area (Å²) in [7, 11) is 0. The van der Waals surface area contributed by atoms with Gasteiger partial charge in [0.05, 0.1) is 30.5 Å². The molecule has 0 aliphatic heterocycles. The Morgan fingerprint density at radius 3 is 0.308 bits per heavy atom. The monoisotopic (exact) mass is 848 g/mol. The molecule has 0 aliphatic carbocycles. The summed E-state index contributed by atoms with van der Waals surface area (Å²) in [5.74, 6) is 0. The largest absolute Gasteiger partial charge is 0.356 e. The molecular formula is N6O18PuU-6. The molecule has 0 spiro atoms. The zero-order valence-corrected chi connectivity index (χ0v) is 18.5. The van der Waals surface area contributed by atoms with Gasteiger partial charge in [-0.2, -0.15) is 0 Å². The normalized spacial score (nSPS) is 5.54. The maximum absolute atomic E-state index is 8.25. The van der Waals surface area contributed by atoms with E-state index in [4.69, 9.17) is 91.9 Å². The third-order valence-corrected chi connectivity index (χ3v) is 0. The second-order valence-corrected chi connectivity index (χ2v) is 1.34. The van der Waals surface area contributed by atoms with Gasteiger partial charge in [0.25, 0.3) is 0 Å². The van der Waals surface area contributed by atoms with Gasteiger partial charge in [0.1, 0.15) is 0 Å². The molecule has 0 aliphatic rings. The standard InChI is InChI=1S/6NO3.Pu.U/c6*2-1(3)4;;/q6*-1;;. The minimum atomic E-state index is -1.75. The number of rotatable bonds is 0. The molecule has 0 amide bonds. The second-order valence-electron chi connectivity index (χ2n) is 1.34. The smallest absolute Gasteiger partial charge is 0.0689 e. The van der Waals surface area contributed by atoms with E-state index in [1.165, 1.54) is 0 Å². The Hall–Kier alpha value is -2.76. The molecule has 0 rings (SSSR count). The van der Waals surface area contributed by atoms with Crippen LogP contribution in [0.4, 0.5) is 0 Å². The van der Waals surface area contributed by atoms with Crippen LogP contribution in [-0.4, -0.2) is 30.5 Å². The summed E-state index contributed by atoms with van der Waals surface area (Å²) >= 11 is 0. The zero-order valence-electron chi connectivity index (χ0n) is 10.9. The fourth-order valence-corrected chi connectivity index (χ4v) is 0. The molecule has 0 unspecified atom stereocenters. The van der Waals surface area contributed by atoms with Crippen LogP contribution in [-0.2, 0) is 0 Å². The van der Waals surface area contributed by atoms with Gasteiger partial charge in [-0.05, 0) is 0 Å². The molecule has 0 N–H and O–H groups in total. The topological polar surface area (TPSA) is 397 Å². The summed E-state index contributed by atoms with van der Waals surface area (Å²) in [4.78, 5) is 49.5. The second kappa shape index (κ2) is 43.2. The third-order valence-electron chi connectivity index (χ3n) is 0. The Morgan fingerprint density at radius 1 is 0.308 bits per heavy atom. The number of hydrogen-bond acceptors (Lipinski definition) is 18. The Bertz CT molecular complexity index is 263. The van der Waals surface area contributed by atoms with Crippen molar-refractivity contribution >= 4 is 0 Å². The van der Waals surface area contributed by atoms with E-state index in [0.29, 0.717) is 0 Å². The summed E-state index contributed by atoms with van der Waals surface area (Å²) < 4.78 is 0. The first-order chi connectivity index (χ1) is 10.4. The number of hydrogen-bond donors (Lipinski definition) is 0. The summed E-state index contributed by atoms with van der Waals surface area (Å²) in [5.41, 5.74) is 0. The van der Waals surface area contributed by atoms with E-state index in [1.54, 1.807) is 0 Å². The van der Waals surface area contributed by atoms with Crippen molar-refractivity contribution in [1.82, 2.24) is 0 Å². The van der Waals surface area contributed by atoms with Gasteiger partial charge in [-0.1, -0.05) is 0 Å². The summed E-state index contributed by atoms with van der Waals surface area (Å²) in [6, 6.07) is 0. The van der Waals surface area contributed by atoms with E-state index < -0.39 is 30.5 Å². The van der Waals surface area contributed by atoms with Crippen molar-refractivity contribution in [3.63, 3.8) is 0 Å². The quantitative estimate of drug-likeness (QED) is 0.199. The van der Waals surface area contributed by atoms with Gasteiger partial charge < -0.3 is 91.9 Å². The fraction of sp³-hybridized carbons (Fsp3) is 0. The molecule has 0 aromatic rings. The minimum absolute atomic E-state index is 0. The first-order valence-electron chi connectivity index (χ1n) is 3.29. The molecule has 0 fully saturated rings. The molecule has 0 radical (unpaired) electrons. The minimum Gasteiger partial charge on any atom is -0.356 e. The van der Waals surface area contributed by atoms with Crippen molar-refractivity contribution in [1.29, 1.82) is 0 Å². The van der Waals surface area contributed by atoms with Crippen LogP contribution in [0.1, 0.15) is 0 Å². The van der Waals surface area contributed by atoms with Gasteiger partial charge >= 0.3 is 0 Å². The van der Waals surface area contributed by atoms with Crippen molar-refractivity contribution in [3.05, 3.63) is 91.9 Å². The van der Waals surface area contributed by atoms with E-state index in [2.05, 4.69) is 0 Å². The molecule has 154 valence electrons. The van der Waals surface area contributed by atoms with Crippen LogP contribution < -0.4 is 0 Å². The molecule has 0 heterocycles. The Kier molecular flexibility index (Phi) is 82.2. The summed E-state index contributed by atoms with van der Waals surface area (Å²) in [5, 5.41) is 88.5. The summed E-state index contributed by atoms with van der Waals surface area (Å²) in [6.45, 7) is 0. The molecule has 0 atom stereocenters. The average Bonchev–Trinajstić information content (AvgIpc) is 2.08. The van der Waals surface area contributed by atoms with Crippen LogP contribution in [0.5, 0.6) is 0 Å². The van der Waals surface area contributed by atoms with E-state index in [-0.39, 0.29) is 60.3 Å². The molecular weight excluding hydrogens is 854 g/mol. The molecule has 0 saturated heterocycles. The van der Waals surface area contributed by atoms with Crippen LogP contribution in [0.15, 0.2) is 0 Å². The fourth-order valence-electron chi connectivity index (χ4n) is 0. The van der Waals surface area contributed by atoms with Gasteiger partial charge in [0.15, 0.2) is 0 Å². The van der Waals surface area contributed by atoms with Gasteiger partial charge in [0.2, 0.25) is 0 Å². The molecule has 0 aromatic heterocycles.